The van der Waals surface area contributed by atoms with Crippen LogP contribution in [0.5, 0.6) is 0 Å². The summed E-state index contributed by atoms with van der Waals surface area (Å²) in [5, 5.41) is 6.03. The van der Waals surface area contributed by atoms with Gasteiger partial charge in [0.25, 0.3) is 5.91 Å². The van der Waals surface area contributed by atoms with Crippen molar-refractivity contribution in [2.24, 2.45) is 0 Å². The Morgan fingerprint density at radius 3 is 2.55 bits per heavy atom. The number of carbonyl (C=O) groups excluding carboxylic acids is 1. The number of rotatable bonds is 9. The second kappa shape index (κ2) is 10.3. The number of carbonyl (C=O) groups is 1. The van der Waals surface area contributed by atoms with Gasteiger partial charge >= 0.3 is 0 Å². The average molecular weight is 394 g/mol. The minimum absolute atomic E-state index is 0.273. The summed E-state index contributed by atoms with van der Waals surface area (Å²) in [6.45, 7) is 1.51. The van der Waals surface area contributed by atoms with Crippen molar-refractivity contribution in [2.75, 3.05) is 25.6 Å². The van der Waals surface area contributed by atoms with E-state index in [9.17, 15) is 9.18 Å². The minimum atomic E-state index is -0.283. The van der Waals surface area contributed by atoms with Crippen molar-refractivity contribution >= 4 is 11.7 Å². The Bertz CT molecular complexity index is 933. The van der Waals surface area contributed by atoms with Crippen molar-refractivity contribution in [3.05, 3.63) is 77.7 Å². The second-order valence-electron chi connectivity index (χ2n) is 6.41. The maximum Gasteiger partial charge on any atom is 0.270 e. The molecule has 0 atom stereocenters. The number of benzene rings is 2. The third-order valence-electron chi connectivity index (χ3n) is 4.19. The number of nitrogens with zero attached hydrogens (tertiary/aromatic N) is 2. The van der Waals surface area contributed by atoms with E-state index >= 15 is 0 Å². The molecule has 0 bridgehead atoms. The van der Waals surface area contributed by atoms with Gasteiger partial charge in [0.05, 0.1) is 0 Å². The highest BCUT2D eigenvalue weighted by molar-refractivity contribution is 5.93. The zero-order valence-corrected chi connectivity index (χ0v) is 16.2. The van der Waals surface area contributed by atoms with Gasteiger partial charge in [-0.3, -0.25) is 4.79 Å². The summed E-state index contributed by atoms with van der Waals surface area (Å²) in [4.78, 5) is 21.5. The Hall–Kier alpha value is -3.32. The quantitative estimate of drug-likeness (QED) is 0.542. The summed E-state index contributed by atoms with van der Waals surface area (Å²) in [5.41, 5.74) is 1.99. The highest BCUT2D eigenvalue weighted by atomic mass is 19.1. The normalized spacial score (nSPS) is 10.6. The number of anilines is 1. The molecule has 29 heavy (non-hydrogen) atoms. The number of amides is 1. The zero-order valence-electron chi connectivity index (χ0n) is 16.2. The van der Waals surface area contributed by atoms with Crippen LogP contribution >= 0.6 is 0 Å². The predicted molar refractivity (Wildman–Crippen MR) is 110 cm³/mol. The van der Waals surface area contributed by atoms with Gasteiger partial charge in [-0.2, -0.15) is 0 Å². The molecule has 3 rings (SSSR count). The first-order valence-electron chi connectivity index (χ1n) is 9.35. The fourth-order valence-corrected chi connectivity index (χ4v) is 2.67. The minimum Gasteiger partial charge on any atom is -0.385 e. The molecule has 0 saturated heterocycles. The second-order valence-corrected chi connectivity index (χ2v) is 6.41. The molecule has 6 nitrogen and oxygen atoms in total. The number of hydrogen-bond acceptors (Lipinski definition) is 5. The van der Waals surface area contributed by atoms with E-state index in [4.69, 9.17) is 4.74 Å². The number of hydrogen-bond donors (Lipinski definition) is 2. The average Bonchev–Trinajstić information content (AvgIpc) is 2.76. The predicted octanol–water partition coefficient (Wildman–Crippen LogP) is 3.66. The van der Waals surface area contributed by atoms with Crippen LogP contribution in [0.25, 0.3) is 11.4 Å². The van der Waals surface area contributed by atoms with Crippen molar-refractivity contribution in [1.29, 1.82) is 0 Å². The monoisotopic (exact) mass is 394 g/mol. The van der Waals surface area contributed by atoms with Crippen LogP contribution in [0.1, 0.15) is 22.5 Å². The smallest absolute Gasteiger partial charge is 0.270 e. The molecule has 1 amide bonds. The topological polar surface area (TPSA) is 76.1 Å². The third-order valence-corrected chi connectivity index (χ3v) is 4.19. The van der Waals surface area contributed by atoms with E-state index in [2.05, 4.69) is 20.6 Å². The summed E-state index contributed by atoms with van der Waals surface area (Å²) in [7, 11) is 1.62. The summed E-state index contributed by atoms with van der Waals surface area (Å²) in [6.07, 6.45) is 0.717. The third kappa shape index (κ3) is 6.08. The number of ether oxygens (including phenoxy) is 1. The van der Waals surface area contributed by atoms with Crippen molar-refractivity contribution in [1.82, 2.24) is 15.3 Å². The van der Waals surface area contributed by atoms with Crippen molar-refractivity contribution in [3.63, 3.8) is 0 Å². The lowest BCUT2D eigenvalue weighted by Crippen LogP contribution is -2.26. The maximum atomic E-state index is 13.1. The standard InChI is InChI=1S/C22H23FN4O2/c1-29-13-5-12-24-22(28)19-14-20(25-15-16-8-10-18(23)11-9-16)27-21(26-19)17-6-3-2-4-7-17/h2-4,6-11,14H,5,12-13,15H2,1H3,(H,24,28)(H,25,26,27). The molecular formula is C22H23FN4O2. The first-order valence-corrected chi connectivity index (χ1v) is 9.35. The van der Waals surface area contributed by atoms with Gasteiger partial charge < -0.3 is 15.4 Å². The number of methoxy groups -OCH3 is 1. The number of nitrogens with one attached hydrogen (secondary N) is 2. The van der Waals surface area contributed by atoms with E-state index in [0.29, 0.717) is 37.8 Å². The van der Waals surface area contributed by atoms with E-state index in [1.807, 2.05) is 30.3 Å². The molecule has 1 aromatic heterocycles. The van der Waals surface area contributed by atoms with Gasteiger partial charge in [0.1, 0.15) is 17.3 Å². The molecule has 2 aromatic carbocycles. The molecule has 0 fully saturated rings. The first-order chi connectivity index (χ1) is 14.2. The van der Waals surface area contributed by atoms with Crippen molar-refractivity contribution < 1.29 is 13.9 Å². The lowest BCUT2D eigenvalue weighted by atomic mass is 10.2. The molecule has 7 heteroatoms. The van der Waals surface area contributed by atoms with Gasteiger partial charge in [-0.15, -0.1) is 0 Å². The highest BCUT2D eigenvalue weighted by Crippen LogP contribution is 2.18. The molecule has 0 aliphatic carbocycles. The Morgan fingerprint density at radius 1 is 1.07 bits per heavy atom. The lowest BCUT2D eigenvalue weighted by molar-refractivity contribution is 0.0943. The van der Waals surface area contributed by atoms with Crippen LogP contribution in [0.4, 0.5) is 10.2 Å². The number of halogens is 1. The molecule has 2 N–H and O–H groups in total. The maximum absolute atomic E-state index is 13.1. The van der Waals surface area contributed by atoms with Crippen molar-refractivity contribution in [3.8, 4) is 11.4 Å². The van der Waals surface area contributed by atoms with E-state index in [1.165, 1.54) is 12.1 Å². The van der Waals surface area contributed by atoms with Gasteiger partial charge in [-0.25, -0.2) is 14.4 Å². The molecule has 0 unspecified atom stereocenters. The number of aromatic nitrogens is 2. The summed E-state index contributed by atoms with van der Waals surface area (Å²) in [5.74, 6) is 0.419. The molecule has 0 radical (unpaired) electrons. The van der Waals surface area contributed by atoms with Gasteiger partial charge in [0.15, 0.2) is 5.82 Å². The van der Waals surface area contributed by atoms with Gasteiger partial charge in [0, 0.05) is 38.4 Å². The SMILES string of the molecule is COCCCNC(=O)c1cc(NCc2ccc(F)cc2)nc(-c2ccccc2)n1. The molecule has 0 spiro atoms. The summed E-state index contributed by atoms with van der Waals surface area (Å²) in [6, 6.07) is 17.3. The van der Waals surface area contributed by atoms with Gasteiger partial charge in [-0.1, -0.05) is 42.5 Å². The Balaban J connectivity index is 1.80. The molecule has 1 heterocycles. The fourth-order valence-electron chi connectivity index (χ4n) is 2.67. The Labute approximate surface area is 169 Å². The van der Waals surface area contributed by atoms with E-state index < -0.39 is 0 Å². The van der Waals surface area contributed by atoms with Crippen LogP contribution in [0.2, 0.25) is 0 Å². The van der Waals surface area contributed by atoms with Gasteiger partial charge in [-0.05, 0) is 24.1 Å². The van der Waals surface area contributed by atoms with Gasteiger partial charge in [0.2, 0.25) is 0 Å². The zero-order chi connectivity index (χ0) is 20.5. The van der Waals surface area contributed by atoms with E-state index in [0.717, 1.165) is 11.1 Å². The highest BCUT2D eigenvalue weighted by Gasteiger charge is 2.13. The summed E-state index contributed by atoms with van der Waals surface area (Å²) >= 11 is 0. The van der Waals surface area contributed by atoms with Crippen LogP contribution in [-0.4, -0.2) is 36.1 Å². The van der Waals surface area contributed by atoms with Crippen LogP contribution in [-0.2, 0) is 11.3 Å². The van der Waals surface area contributed by atoms with Crippen LogP contribution in [0, 0.1) is 5.82 Å². The van der Waals surface area contributed by atoms with Crippen LogP contribution in [0.3, 0.4) is 0 Å². The van der Waals surface area contributed by atoms with Crippen LogP contribution in [0.15, 0.2) is 60.7 Å². The Morgan fingerprint density at radius 2 is 1.83 bits per heavy atom. The molecule has 0 aliphatic rings. The molecular weight excluding hydrogens is 371 g/mol. The molecule has 150 valence electrons. The molecule has 3 aromatic rings. The first kappa shape index (κ1) is 20.4. The Kier molecular flexibility index (Phi) is 7.24. The van der Waals surface area contributed by atoms with E-state index in [-0.39, 0.29) is 17.4 Å². The van der Waals surface area contributed by atoms with Crippen LogP contribution < -0.4 is 10.6 Å². The lowest BCUT2D eigenvalue weighted by Gasteiger charge is -2.11. The molecule has 0 saturated carbocycles. The molecule has 0 aliphatic heterocycles. The van der Waals surface area contributed by atoms with Crippen molar-refractivity contribution in [2.45, 2.75) is 13.0 Å². The largest absolute Gasteiger partial charge is 0.385 e. The van der Waals surface area contributed by atoms with E-state index in [1.54, 1.807) is 25.3 Å². The fraction of sp³-hybridized carbons (Fsp3) is 0.227. The summed E-state index contributed by atoms with van der Waals surface area (Å²) < 4.78 is 18.1.